The van der Waals surface area contributed by atoms with Gasteiger partial charge in [-0.05, 0) is 43.7 Å². The maximum Gasteiger partial charge on any atom is 0.294 e. The molecule has 25 heavy (non-hydrogen) atoms. The van der Waals surface area contributed by atoms with Crippen molar-refractivity contribution >= 4 is 10.1 Å². The van der Waals surface area contributed by atoms with E-state index in [1.165, 1.54) is 12.1 Å². The van der Waals surface area contributed by atoms with Crippen LogP contribution in [0.3, 0.4) is 0 Å². The van der Waals surface area contributed by atoms with Crippen molar-refractivity contribution in [2.75, 3.05) is 13.1 Å². The molecule has 2 atom stereocenters. The minimum Gasteiger partial charge on any atom is -0.508 e. The van der Waals surface area contributed by atoms with Crippen LogP contribution >= 0.6 is 0 Å². The smallest absolute Gasteiger partial charge is 0.294 e. The van der Waals surface area contributed by atoms with Crippen molar-refractivity contribution in [2.24, 2.45) is 0 Å². The molecule has 0 aromatic heterocycles. The summed E-state index contributed by atoms with van der Waals surface area (Å²) in [7, 11) is -4.02. The van der Waals surface area contributed by atoms with Gasteiger partial charge in [0.05, 0.1) is 17.1 Å². The topological polar surface area (TPSA) is 95.9 Å². The van der Waals surface area contributed by atoms with Crippen LogP contribution in [0.4, 0.5) is 0 Å². The Morgan fingerprint density at radius 3 is 2.36 bits per heavy atom. The summed E-state index contributed by atoms with van der Waals surface area (Å²) in [6.07, 6.45) is 0.293. The van der Waals surface area contributed by atoms with Gasteiger partial charge in [-0.15, -0.1) is 0 Å². The van der Waals surface area contributed by atoms with Crippen molar-refractivity contribution < 1.29 is 22.8 Å². The first-order chi connectivity index (χ1) is 11.8. The lowest BCUT2D eigenvalue weighted by Crippen LogP contribution is -2.38. The van der Waals surface area contributed by atoms with E-state index in [-0.39, 0.29) is 17.1 Å². The molecule has 0 saturated carbocycles. The number of morpholine rings is 1. The summed E-state index contributed by atoms with van der Waals surface area (Å²) in [6, 6.07) is 13.2. The van der Waals surface area contributed by atoms with Crippen LogP contribution in [0.15, 0.2) is 53.4 Å². The number of aromatic hydroxyl groups is 1. The maximum absolute atomic E-state index is 10.5. The molecule has 0 amide bonds. The monoisotopic (exact) mass is 365 g/mol. The molecule has 1 heterocycles. The Hall–Kier alpha value is -1.93. The Morgan fingerprint density at radius 2 is 1.80 bits per heavy atom. The van der Waals surface area contributed by atoms with Gasteiger partial charge in [-0.1, -0.05) is 29.8 Å². The molecule has 2 unspecified atom stereocenters. The number of benzene rings is 2. The zero-order chi connectivity index (χ0) is 18.4. The zero-order valence-corrected chi connectivity index (χ0v) is 15.0. The minimum absolute atomic E-state index is 0.0610. The van der Waals surface area contributed by atoms with Crippen molar-refractivity contribution in [3.63, 3.8) is 0 Å². The van der Waals surface area contributed by atoms with Gasteiger partial charge >= 0.3 is 0 Å². The van der Waals surface area contributed by atoms with Crippen LogP contribution in [0.1, 0.15) is 24.2 Å². The number of rotatable bonds is 2. The first kappa shape index (κ1) is 19.4. The highest BCUT2D eigenvalue weighted by molar-refractivity contribution is 7.85. The molecule has 1 fully saturated rings. The van der Waals surface area contributed by atoms with Crippen molar-refractivity contribution in [2.45, 2.75) is 31.0 Å². The van der Waals surface area contributed by atoms with Crippen LogP contribution in [0, 0.1) is 6.92 Å². The first-order valence-electron chi connectivity index (χ1n) is 7.95. The number of hydrogen-bond donors (Lipinski definition) is 3. The van der Waals surface area contributed by atoms with Gasteiger partial charge in [-0.25, -0.2) is 0 Å². The van der Waals surface area contributed by atoms with Crippen LogP contribution in [0.5, 0.6) is 5.75 Å². The molecule has 2 aromatic rings. The van der Waals surface area contributed by atoms with Gasteiger partial charge in [0.25, 0.3) is 10.1 Å². The van der Waals surface area contributed by atoms with E-state index in [2.05, 4.69) is 5.32 Å². The van der Waals surface area contributed by atoms with E-state index in [1.54, 1.807) is 24.3 Å². The van der Waals surface area contributed by atoms with E-state index >= 15 is 0 Å². The molecule has 1 saturated heterocycles. The Labute approximate surface area is 148 Å². The van der Waals surface area contributed by atoms with Crippen LogP contribution in [-0.4, -0.2) is 37.3 Å². The maximum atomic E-state index is 10.5. The van der Waals surface area contributed by atoms with Crippen molar-refractivity contribution in [1.82, 2.24) is 5.32 Å². The SMILES string of the molecule is CC1CNCC(c2cccc(O)c2)O1.Cc1ccc(S(=O)(=O)O)cc1. The average molecular weight is 365 g/mol. The second-order valence-corrected chi connectivity index (χ2v) is 7.40. The van der Waals surface area contributed by atoms with E-state index in [9.17, 15) is 13.5 Å². The molecule has 1 aliphatic rings. The summed E-state index contributed by atoms with van der Waals surface area (Å²) < 4.78 is 35.3. The summed E-state index contributed by atoms with van der Waals surface area (Å²) in [4.78, 5) is -0.0666. The summed E-state index contributed by atoms with van der Waals surface area (Å²) in [5.41, 5.74) is 1.99. The standard InChI is InChI=1S/C11H15NO2.C7H8O3S/c1-8-6-12-7-11(14-8)9-3-2-4-10(13)5-9;1-6-2-4-7(5-3-6)11(8,9)10/h2-5,8,11-13H,6-7H2,1H3;2-5H,1H3,(H,8,9,10). The van der Waals surface area contributed by atoms with E-state index < -0.39 is 10.1 Å². The van der Waals surface area contributed by atoms with Crippen LogP contribution in [-0.2, 0) is 14.9 Å². The van der Waals surface area contributed by atoms with Gasteiger partial charge in [0.1, 0.15) is 5.75 Å². The molecule has 0 spiro atoms. The third kappa shape index (κ3) is 6.13. The van der Waals surface area contributed by atoms with E-state index in [0.717, 1.165) is 24.2 Å². The largest absolute Gasteiger partial charge is 0.508 e. The van der Waals surface area contributed by atoms with Crippen LogP contribution in [0.25, 0.3) is 0 Å². The summed E-state index contributed by atoms with van der Waals surface area (Å²) in [6.45, 7) is 5.60. The molecule has 7 heteroatoms. The number of phenols is 1. The third-order valence-corrected chi connectivity index (χ3v) is 4.59. The molecule has 0 radical (unpaired) electrons. The number of ether oxygens (including phenoxy) is 1. The summed E-state index contributed by atoms with van der Waals surface area (Å²) in [5.74, 6) is 0.296. The second kappa shape index (κ2) is 8.44. The van der Waals surface area contributed by atoms with Gasteiger partial charge in [-0.3, -0.25) is 4.55 Å². The molecule has 3 N–H and O–H groups in total. The Bertz CT molecular complexity index is 789. The fourth-order valence-corrected chi connectivity index (χ4v) is 2.91. The predicted molar refractivity (Wildman–Crippen MR) is 95.3 cm³/mol. The minimum atomic E-state index is -4.02. The average Bonchev–Trinajstić information content (AvgIpc) is 2.55. The number of aryl methyl sites for hydroxylation is 1. The highest BCUT2D eigenvalue weighted by Gasteiger charge is 2.20. The zero-order valence-electron chi connectivity index (χ0n) is 14.2. The molecule has 3 rings (SSSR count). The number of nitrogens with one attached hydrogen (secondary N) is 1. The molecule has 0 aliphatic carbocycles. The fraction of sp³-hybridized carbons (Fsp3) is 0.333. The van der Waals surface area contributed by atoms with Crippen LogP contribution < -0.4 is 5.32 Å². The molecule has 0 bridgehead atoms. The van der Waals surface area contributed by atoms with Gasteiger partial charge in [0, 0.05) is 13.1 Å². The lowest BCUT2D eigenvalue weighted by molar-refractivity contribution is -0.0287. The first-order valence-corrected chi connectivity index (χ1v) is 9.39. The Kier molecular flexibility index (Phi) is 6.55. The highest BCUT2D eigenvalue weighted by Crippen LogP contribution is 2.23. The molecular weight excluding hydrogens is 342 g/mol. The second-order valence-electron chi connectivity index (χ2n) is 5.98. The molecule has 1 aliphatic heterocycles. The van der Waals surface area contributed by atoms with Crippen molar-refractivity contribution in [3.05, 3.63) is 59.7 Å². The van der Waals surface area contributed by atoms with Gasteiger partial charge in [0.15, 0.2) is 0 Å². The molecule has 6 nitrogen and oxygen atoms in total. The lowest BCUT2D eigenvalue weighted by Gasteiger charge is -2.29. The van der Waals surface area contributed by atoms with Crippen molar-refractivity contribution in [1.29, 1.82) is 0 Å². The van der Waals surface area contributed by atoms with Crippen molar-refractivity contribution in [3.8, 4) is 5.75 Å². The lowest BCUT2D eigenvalue weighted by atomic mass is 10.1. The predicted octanol–water partition coefficient (Wildman–Crippen LogP) is 2.68. The number of hydrogen-bond acceptors (Lipinski definition) is 5. The summed E-state index contributed by atoms with van der Waals surface area (Å²) >= 11 is 0. The highest BCUT2D eigenvalue weighted by atomic mass is 32.2. The fourth-order valence-electron chi connectivity index (χ4n) is 2.43. The van der Waals surface area contributed by atoms with E-state index in [0.29, 0.717) is 5.75 Å². The third-order valence-electron chi connectivity index (χ3n) is 3.72. The van der Waals surface area contributed by atoms with Gasteiger partial charge in [0.2, 0.25) is 0 Å². The normalized spacial score (nSPS) is 20.4. The van der Waals surface area contributed by atoms with Crippen LogP contribution in [0.2, 0.25) is 0 Å². The Balaban J connectivity index is 0.000000186. The number of phenolic OH excluding ortho intramolecular Hbond substituents is 1. The van der Waals surface area contributed by atoms with E-state index in [1.807, 2.05) is 26.0 Å². The van der Waals surface area contributed by atoms with E-state index in [4.69, 9.17) is 9.29 Å². The van der Waals surface area contributed by atoms with Gasteiger partial charge < -0.3 is 15.2 Å². The van der Waals surface area contributed by atoms with Gasteiger partial charge in [-0.2, -0.15) is 8.42 Å². The molecule has 136 valence electrons. The Morgan fingerprint density at radius 1 is 1.12 bits per heavy atom. The quantitative estimate of drug-likeness (QED) is 0.708. The molecular formula is C18H23NO5S. The summed E-state index contributed by atoms with van der Waals surface area (Å²) in [5, 5.41) is 12.6. The molecule has 2 aromatic carbocycles.